The number of hydrogen-bond donors (Lipinski definition) is 0. The average Bonchev–Trinajstić information content (AvgIpc) is 2.85. The van der Waals surface area contributed by atoms with Gasteiger partial charge in [0.25, 0.3) is 0 Å². The smallest absolute Gasteiger partial charge is 0.0567 e. The molecule has 1 unspecified atom stereocenters. The molecule has 3 aliphatic rings. The lowest BCUT2D eigenvalue weighted by Crippen LogP contribution is -2.15. The summed E-state index contributed by atoms with van der Waals surface area (Å²) in [6.07, 6.45) is 18.6. The molecule has 2 nitrogen and oxygen atoms in total. The fourth-order valence-electron chi connectivity index (χ4n) is 5.16. The summed E-state index contributed by atoms with van der Waals surface area (Å²) in [5.74, 6) is 1.63. The molecule has 3 heterocycles. The van der Waals surface area contributed by atoms with E-state index in [9.17, 15) is 0 Å². The van der Waals surface area contributed by atoms with Crippen LogP contribution < -0.4 is 0 Å². The number of nitrogens with zero attached hydrogens (tertiary/aromatic N) is 2. The van der Waals surface area contributed by atoms with Crippen molar-refractivity contribution < 1.29 is 0 Å². The molecule has 0 N–H and O–H groups in total. The summed E-state index contributed by atoms with van der Waals surface area (Å²) in [5, 5.41) is 1.36. The lowest BCUT2D eigenvalue weighted by Gasteiger charge is -2.28. The minimum atomic E-state index is 0.792. The Labute approximate surface area is 150 Å². The van der Waals surface area contributed by atoms with Crippen LogP contribution in [0.2, 0.25) is 0 Å². The SMILES string of the molecule is CC(C)CC1CCC2=C(C=CC3=CCCc4c3n2c2ccncc42)C1. The lowest BCUT2D eigenvalue weighted by molar-refractivity contribution is 0.377. The normalized spacial score (nSPS) is 22.0. The third kappa shape index (κ3) is 2.34. The molecule has 0 aromatic carbocycles. The highest BCUT2D eigenvalue weighted by Gasteiger charge is 2.29. The van der Waals surface area contributed by atoms with Gasteiger partial charge in [-0.15, -0.1) is 0 Å². The van der Waals surface area contributed by atoms with Gasteiger partial charge in [-0.25, -0.2) is 0 Å². The first kappa shape index (κ1) is 15.2. The highest BCUT2D eigenvalue weighted by Crippen LogP contribution is 2.45. The third-order valence-corrected chi connectivity index (χ3v) is 6.11. The van der Waals surface area contributed by atoms with Crippen LogP contribution in [-0.4, -0.2) is 9.55 Å². The molecule has 0 amide bonds. The summed E-state index contributed by atoms with van der Waals surface area (Å²) < 4.78 is 2.58. The van der Waals surface area contributed by atoms with Crippen LogP contribution in [0, 0.1) is 11.8 Å². The first-order valence-corrected chi connectivity index (χ1v) is 9.80. The molecule has 0 saturated carbocycles. The van der Waals surface area contributed by atoms with Crippen molar-refractivity contribution in [1.82, 2.24) is 9.55 Å². The molecular formula is C23H26N2. The molecule has 25 heavy (non-hydrogen) atoms. The number of pyridine rings is 1. The molecule has 2 aliphatic carbocycles. The second kappa shape index (κ2) is 5.72. The minimum absolute atomic E-state index is 0.792. The van der Waals surface area contributed by atoms with Crippen LogP contribution in [0.5, 0.6) is 0 Å². The van der Waals surface area contributed by atoms with Crippen molar-refractivity contribution in [2.24, 2.45) is 11.8 Å². The summed E-state index contributed by atoms with van der Waals surface area (Å²) in [5.41, 5.74) is 8.81. The van der Waals surface area contributed by atoms with E-state index in [1.54, 1.807) is 11.3 Å². The van der Waals surface area contributed by atoms with Crippen molar-refractivity contribution >= 4 is 22.2 Å². The maximum atomic E-state index is 4.42. The topological polar surface area (TPSA) is 17.8 Å². The van der Waals surface area contributed by atoms with Gasteiger partial charge in [0.1, 0.15) is 0 Å². The van der Waals surface area contributed by atoms with Gasteiger partial charge in [0.05, 0.1) is 11.2 Å². The Bertz CT molecular complexity index is 936. The maximum absolute atomic E-state index is 4.42. The zero-order valence-electron chi connectivity index (χ0n) is 15.3. The second-order valence-corrected chi connectivity index (χ2v) is 8.30. The van der Waals surface area contributed by atoms with E-state index < -0.39 is 0 Å². The molecule has 0 saturated heterocycles. The minimum Gasteiger partial charge on any atom is -0.312 e. The van der Waals surface area contributed by atoms with E-state index in [-0.39, 0.29) is 0 Å². The van der Waals surface area contributed by atoms with Gasteiger partial charge in [0.15, 0.2) is 0 Å². The van der Waals surface area contributed by atoms with Gasteiger partial charge < -0.3 is 4.57 Å². The van der Waals surface area contributed by atoms with Crippen molar-refractivity contribution in [3.63, 3.8) is 0 Å². The van der Waals surface area contributed by atoms with Crippen LogP contribution in [0.25, 0.3) is 22.2 Å². The zero-order chi connectivity index (χ0) is 17.0. The van der Waals surface area contributed by atoms with Crippen LogP contribution in [0.15, 0.2) is 42.3 Å². The predicted octanol–water partition coefficient (Wildman–Crippen LogP) is 5.99. The predicted molar refractivity (Wildman–Crippen MR) is 105 cm³/mol. The van der Waals surface area contributed by atoms with E-state index in [0.717, 1.165) is 24.7 Å². The van der Waals surface area contributed by atoms with Crippen molar-refractivity contribution in [2.75, 3.05) is 0 Å². The molecular weight excluding hydrogens is 304 g/mol. The Balaban J connectivity index is 1.72. The number of aryl methyl sites for hydroxylation is 1. The van der Waals surface area contributed by atoms with Crippen LogP contribution >= 0.6 is 0 Å². The zero-order valence-corrected chi connectivity index (χ0v) is 15.3. The van der Waals surface area contributed by atoms with E-state index >= 15 is 0 Å². The summed E-state index contributed by atoms with van der Waals surface area (Å²) in [6, 6.07) is 2.21. The highest BCUT2D eigenvalue weighted by atomic mass is 15.0. The fourth-order valence-corrected chi connectivity index (χ4v) is 5.16. The molecule has 5 rings (SSSR count). The van der Waals surface area contributed by atoms with E-state index in [1.807, 2.05) is 6.20 Å². The highest BCUT2D eigenvalue weighted by molar-refractivity contribution is 5.96. The van der Waals surface area contributed by atoms with E-state index in [2.05, 4.69) is 53.9 Å². The Kier molecular flexibility index (Phi) is 3.48. The lowest BCUT2D eigenvalue weighted by atomic mass is 9.81. The van der Waals surface area contributed by atoms with Gasteiger partial charge in [-0.3, -0.25) is 4.98 Å². The van der Waals surface area contributed by atoms with Crippen LogP contribution in [-0.2, 0) is 6.42 Å². The fraction of sp³-hybridized carbons (Fsp3) is 0.435. The second-order valence-electron chi connectivity index (χ2n) is 8.30. The first-order valence-electron chi connectivity index (χ1n) is 9.80. The van der Waals surface area contributed by atoms with E-state index in [4.69, 9.17) is 0 Å². The quantitative estimate of drug-likeness (QED) is 0.661. The molecule has 0 radical (unpaired) electrons. The summed E-state index contributed by atoms with van der Waals surface area (Å²) >= 11 is 0. The summed E-state index contributed by atoms with van der Waals surface area (Å²) in [7, 11) is 0. The molecule has 0 bridgehead atoms. The monoisotopic (exact) mass is 330 g/mol. The van der Waals surface area contributed by atoms with Crippen molar-refractivity contribution in [1.29, 1.82) is 0 Å². The maximum Gasteiger partial charge on any atom is 0.0567 e. The summed E-state index contributed by atoms with van der Waals surface area (Å²) in [4.78, 5) is 4.42. The van der Waals surface area contributed by atoms with Crippen LogP contribution in [0.3, 0.4) is 0 Å². The molecule has 2 aromatic heterocycles. The van der Waals surface area contributed by atoms with Gasteiger partial charge in [-0.1, -0.05) is 32.1 Å². The molecule has 0 spiro atoms. The van der Waals surface area contributed by atoms with E-state index in [0.29, 0.717) is 0 Å². The first-order chi connectivity index (χ1) is 12.2. The van der Waals surface area contributed by atoms with Gasteiger partial charge in [-0.05, 0) is 73.1 Å². The van der Waals surface area contributed by atoms with Crippen molar-refractivity contribution in [3.8, 4) is 0 Å². The summed E-state index contributed by atoms with van der Waals surface area (Å²) in [6.45, 7) is 4.71. The van der Waals surface area contributed by atoms with Crippen molar-refractivity contribution in [3.05, 3.63) is 53.5 Å². The Morgan fingerprint density at radius 2 is 2.16 bits per heavy atom. The largest absolute Gasteiger partial charge is 0.312 e. The standard InChI is InChI=1S/C23H26N2/c1-15(2)12-16-6-9-21-18(13-16)8-7-17-4-3-5-19-20-14-24-11-10-22(20)25(21)23(17)19/h4,7-8,10-11,14-16H,3,5-6,9,12-13H2,1-2H3. The average molecular weight is 330 g/mol. The molecule has 128 valence electrons. The Morgan fingerprint density at radius 1 is 1.24 bits per heavy atom. The number of hydrogen-bond acceptors (Lipinski definition) is 1. The number of aromatic nitrogens is 2. The molecule has 2 aromatic rings. The number of rotatable bonds is 2. The van der Waals surface area contributed by atoms with Gasteiger partial charge >= 0.3 is 0 Å². The van der Waals surface area contributed by atoms with E-state index in [1.165, 1.54) is 53.4 Å². The number of allylic oxidation sites excluding steroid dienone is 6. The van der Waals surface area contributed by atoms with Gasteiger partial charge in [-0.2, -0.15) is 0 Å². The van der Waals surface area contributed by atoms with Crippen molar-refractivity contribution in [2.45, 2.75) is 52.4 Å². The molecule has 1 aliphatic heterocycles. The molecule has 0 fully saturated rings. The van der Waals surface area contributed by atoms with Crippen LogP contribution in [0.1, 0.15) is 57.2 Å². The number of fused-ring (bicyclic) bond motifs is 4. The Morgan fingerprint density at radius 3 is 3.04 bits per heavy atom. The van der Waals surface area contributed by atoms with Crippen LogP contribution in [0.4, 0.5) is 0 Å². The third-order valence-electron chi connectivity index (χ3n) is 6.11. The van der Waals surface area contributed by atoms with Gasteiger partial charge in [0.2, 0.25) is 0 Å². The van der Waals surface area contributed by atoms with Gasteiger partial charge in [0, 0.05) is 23.5 Å². The Hall–Kier alpha value is -2.09. The molecule has 2 heteroatoms. The molecule has 1 atom stereocenters.